The Morgan fingerprint density at radius 2 is 1.86 bits per heavy atom. The highest BCUT2D eigenvalue weighted by molar-refractivity contribution is 7.15. The quantitative estimate of drug-likeness (QED) is 0.510. The van der Waals surface area contributed by atoms with Crippen LogP contribution in [-0.4, -0.2) is 84.9 Å². The minimum atomic E-state index is -0.341. The summed E-state index contributed by atoms with van der Waals surface area (Å²) in [6.45, 7) is 5.00. The maximum absolute atomic E-state index is 12.8. The zero-order chi connectivity index (χ0) is 25.1. The highest BCUT2D eigenvalue weighted by Gasteiger charge is 2.24. The van der Waals surface area contributed by atoms with Crippen molar-refractivity contribution in [3.05, 3.63) is 35.0 Å². The molecule has 0 radical (unpaired) electrons. The summed E-state index contributed by atoms with van der Waals surface area (Å²) in [5.41, 5.74) is 1.66. The summed E-state index contributed by atoms with van der Waals surface area (Å²) in [7, 11) is 5.20. The van der Waals surface area contributed by atoms with E-state index < -0.39 is 0 Å². The number of piperazine rings is 1. The van der Waals surface area contributed by atoms with E-state index in [4.69, 9.17) is 9.47 Å². The Labute approximate surface area is 213 Å². The van der Waals surface area contributed by atoms with E-state index in [1.165, 1.54) is 18.4 Å². The third-order valence-electron chi connectivity index (χ3n) is 6.17. The van der Waals surface area contributed by atoms with E-state index in [0.717, 1.165) is 61.4 Å². The molecule has 2 N–H and O–H groups in total. The molecule has 1 saturated heterocycles. The molecule has 0 saturated carbocycles. The van der Waals surface area contributed by atoms with Crippen molar-refractivity contribution in [2.45, 2.75) is 13.0 Å². The molecular weight excluding hydrogens is 482 g/mol. The number of pyridine rings is 1. The summed E-state index contributed by atoms with van der Waals surface area (Å²) in [6, 6.07) is 5.39. The minimum Gasteiger partial charge on any atom is -0.481 e. The molecule has 36 heavy (non-hydrogen) atoms. The van der Waals surface area contributed by atoms with Crippen molar-refractivity contribution < 1.29 is 14.3 Å². The van der Waals surface area contributed by atoms with Crippen molar-refractivity contribution in [3.63, 3.8) is 0 Å². The van der Waals surface area contributed by atoms with Gasteiger partial charge in [-0.2, -0.15) is 9.97 Å². The molecule has 13 heteroatoms. The van der Waals surface area contributed by atoms with Crippen molar-refractivity contribution in [2.24, 2.45) is 0 Å². The van der Waals surface area contributed by atoms with E-state index in [1.54, 1.807) is 19.4 Å². The molecule has 3 aromatic rings. The molecule has 2 aliphatic rings. The second-order valence-corrected chi connectivity index (χ2v) is 9.64. The molecule has 0 bridgehead atoms. The summed E-state index contributed by atoms with van der Waals surface area (Å²) < 4.78 is 10.5. The predicted octanol–water partition coefficient (Wildman–Crippen LogP) is 2.30. The fourth-order valence-corrected chi connectivity index (χ4v) is 5.23. The SMILES string of the molecule is COc1cc(N2CCc3nc(NC(=O)Nc4cccnc4N4CCN(C)CC4)sc3C2)nc(OC)n1. The van der Waals surface area contributed by atoms with Crippen LogP contribution >= 0.6 is 11.3 Å². The zero-order valence-electron chi connectivity index (χ0n) is 20.5. The molecule has 5 rings (SSSR count). The van der Waals surface area contributed by atoms with Crippen LogP contribution in [0.15, 0.2) is 24.4 Å². The van der Waals surface area contributed by atoms with Crippen LogP contribution in [0.3, 0.4) is 0 Å². The maximum atomic E-state index is 12.8. The van der Waals surface area contributed by atoms with E-state index in [0.29, 0.717) is 23.2 Å². The van der Waals surface area contributed by atoms with Gasteiger partial charge >= 0.3 is 12.0 Å². The van der Waals surface area contributed by atoms with Crippen LogP contribution in [0, 0.1) is 0 Å². The van der Waals surface area contributed by atoms with E-state index in [-0.39, 0.29) is 12.0 Å². The van der Waals surface area contributed by atoms with Gasteiger partial charge in [0.2, 0.25) is 5.88 Å². The Morgan fingerprint density at radius 3 is 2.64 bits per heavy atom. The van der Waals surface area contributed by atoms with Gasteiger partial charge in [-0.05, 0) is 19.2 Å². The third-order valence-corrected chi connectivity index (χ3v) is 7.17. The van der Waals surface area contributed by atoms with Crippen molar-refractivity contribution in [3.8, 4) is 11.9 Å². The summed E-state index contributed by atoms with van der Waals surface area (Å²) in [5.74, 6) is 1.95. The Morgan fingerprint density at radius 1 is 1.03 bits per heavy atom. The lowest BCUT2D eigenvalue weighted by atomic mass is 10.2. The number of anilines is 4. The van der Waals surface area contributed by atoms with Gasteiger partial charge in [-0.25, -0.2) is 14.8 Å². The summed E-state index contributed by atoms with van der Waals surface area (Å²) >= 11 is 1.46. The van der Waals surface area contributed by atoms with Gasteiger partial charge < -0.3 is 29.5 Å². The molecule has 5 heterocycles. The number of nitrogens with zero attached hydrogens (tertiary/aromatic N) is 7. The number of likely N-dealkylation sites (N-methyl/N-ethyl adjacent to an activating group) is 1. The molecule has 0 atom stereocenters. The van der Waals surface area contributed by atoms with Gasteiger partial charge in [-0.3, -0.25) is 5.32 Å². The number of urea groups is 1. The monoisotopic (exact) mass is 511 g/mol. The lowest BCUT2D eigenvalue weighted by molar-refractivity contribution is 0.262. The van der Waals surface area contributed by atoms with Gasteiger partial charge in [-0.15, -0.1) is 0 Å². The number of ether oxygens (including phenoxy) is 2. The number of nitrogens with one attached hydrogen (secondary N) is 2. The minimum absolute atomic E-state index is 0.254. The van der Waals surface area contributed by atoms with Crippen molar-refractivity contribution in [1.82, 2.24) is 24.8 Å². The molecule has 0 spiro atoms. The number of carbonyl (C=O) groups excluding carboxylic acids is 1. The van der Waals surface area contributed by atoms with Gasteiger partial charge in [-0.1, -0.05) is 11.3 Å². The fraction of sp³-hybridized carbons (Fsp3) is 0.435. The van der Waals surface area contributed by atoms with Gasteiger partial charge in [0.1, 0.15) is 5.82 Å². The van der Waals surface area contributed by atoms with Crippen LogP contribution < -0.4 is 29.9 Å². The van der Waals surface area contributed by atoms with Crippen LogP contribution in [0.2, 0.25) is 0 Å². The number of fused-ring (bicyclic) bond motifs is 1. The topological polar surface area (TPSA) is 121 Å². The normalized spacial score (nSPS) is 15.9. The molecule has 3 aromatic heterocycles. The summed E-state index contributed by atoms with van der Waals surface area (Å²) in [4.78, 5) is 38.3. The van der Waals surface area contributed by atoms with Crippen molar-refractivity contribution in [1.29, 1.82) is 0 Å². The molecule has 12 nitrogen and oxygen atoms in total. The Kier molecular flexibility index (Phi) is 7.00. The largest absolute Gasteiger partial charge is 0.481 e. The van der Waals surface area contributed by atoms with Crippen LogP contribution in [0.25, 0.3) is 0 Å². The highest BCUT2D eigenvalue weighted by Crippen LogP contribution is 2.32. The Bertz CT molecular complexity index is 1210. The molecule has 2 aliphatic heterocycles. The number of hydrogen-bond acceptors (Lipinski definition) is 11. The Balaban J connectivity index is 1.25. The van der Waals surface area contributed by atoms with Gasteiger partial charge in [0, 0.05) is 56.3 Å². The van der Waals surface area contributed by atoms with Gasteiger partial charge in [0.25, 0.3) is 0 Å². The van der Waals surface area contributed by atoms with Crippen LogP contribution in [0.4, 0.5) is 27.2 Å². The lowest BCUT2D eigenvalue weighted by Gasteiger charge is -2.34. The molecular formula is C23H29N9O3S. The van der Waals surface area contributed by atoms with Crippen LogP contribution in [0.1, 0.15) is 10.6 Å². The molecule has 1 fully saturated rings. The predicted molar refractivity (Wildman–Crippen MR) is 139 cm³/mol. The second-order valence-electron chi connectivity index (χ2n) is 8.56. The number of hydrogen-bond donors (Lipinski definition) is 2. The molecule has 0 aromatic carbocycles. The number of methoxy groups -OCH3 is 2. The number of amides is 2. The first kappa shape index (κ1) is 24.0. The lowest BCUT2D eigenvalue weighted by Crippen LogP contribution is -2.45. The summed E-state index contributed by atoms with van der Waals surface area (Å²) in [5, 5.41) is 6.40. The van der Waals surface area contributed by atoms with E-state index in [9.17, 15) is 4.79 Å². The standard InChI is InChI=1S/C23H29N9O3S/c1-30-9-11-31(12-10-30)20-16(5-4-7-24-20)25-21(33)29-23-26-15-6-8-32(14-17(15)36-23)18-13-19(34-2)28-22(27-18)35-3/h4-5,7,13H,6,8-12,14H2,1-3H3,(H2,25,26,29,33). The third kappa shape index (κ3) is 5.26. The first-order chi connectivity index (χ1) is 17.5. The van der Waals surface area contributed by atoms with Crippen LogP contribution in [-0.2, 0) is 13.0 Å². The molecule has 0 unspecified atom stereocenters. The average molecular weight is 512 g/mol. The fourth-order valence-electron chi connectivity index (χ4n) is 4.21. The van der Waals surface area contributed by atoms with Crippen molar-refractivity contribution >= 4 is 39.8 Å². The Hall–Kier alpha value is -3.71. The van der Waals surface area contributed by atoms with Crippen LogP contribution in [0.5, 0.6) is 11.9 Å². The number of carbonyl (C=O) groups is 1. The van der Waals surface area contributed by atoms with Gasteiger partial charge in [0.15, 0.2) is 10.9 Å². The first-order valence-corrected chi connectivity index (χ1v) is 12.5. The summed E-state index contributed by atoms with van der Waals surface area (Å²) in [6.07, 6.45) is 2.49. The smallest absolute Gasteiger partial charge is 0.325 e. The number of thiazole rings is 1. The maximum Gasteiger partial charge on any atom is 0.325 e. The molecule has 190 valence electrons. The zero-order valence-corrected chi connectivity index (χ0v) is 21.3. The number of rotatable bonds is 6. The first-order valence-electron chi connectivity index (χ1n) is 11.7. The average Bonchev–Trinajstić information content (AvgIpc) is 3.30. The van der Waals surface area contributed by atoms with Gasteiger partial charge in [0.05, 0.1) is 32.1 Å². The molecule has 0 aliphatic carbocycles. The highest BCUT2D eigenvalue weighted by atomic mass is 32.1. The second kappa shape index (κ2) is 10.5. The van der Waals surface area contributed by atoms with Crippen molar-refractivity contribution in [2.75, 3.05) is 74.4 Å². The van der Waals surface area contributed by atoms with E-state index in [2.05, 4.69) is 52.3 Å². The van der Waals surface area contributed by atoms with E-state index >= 15 is 0 Å². The molecule has 2 amide bonds. The number of aromatic nitrogens is 4. The van der Waals surface area contributed by atoms with E-state index in [1.807, 2.05) is 12.1 Å².